The van der Waals surface area contributed by atoms with Crippen molar-refractivity contribution in [2.24, 2.45) is 0 Å². The van der Waals surface area contributed by atoms with Crippen molar-refractivity contribution in [2.45, 2.75) is 20.3 Å². The molecule has 88 valence electrons. The molecule has 0 radical (unpaired) electrons. The molecule has 0 atom stereocenters. The van der Waals surface area contributed by atoms with Crippen LogP contribution >= 0.6 is 11.6 Å². The molecule has 1 heterocycles. The Morgan fingerprint density at radius 2 is 2.25 bits per heavy atom. The highest BCUT2D eigenvalue weighted by Crippen LogP contribution is 2.26. The highest BCUT2D eigenvalue weighted by molar-refractivity contribution is 6.35. The van der Waals surface area contributed by atoms with Crippen molar-refractivity contribution in [3.8, 4) is 0 Å². The Morgan fingerprint density at radius 3 is 2.75 bits per heavy atom. The molecule has 0 saturated carbocycles. The van der Waals surface area contributed by atoms with Crippen molar-refractivity contribution >= 4 is 23.4 Å². The van der Waals surface area contributed by atoms with Gasteiger partial charge in [-0.15, -0.1) is 0 Å². The molecule has 0 unspecified atom stereocenters. The fourth-order valence-electron chi connectivity index (χ4n) is 1.50. The van der Waals surface area contributed by atoms with Crippen molar-refractivity contribution in [1.29, 1.82) is 0 Å². The molecule has 0 aliphatic heterocycles. The van der Waals surface area contributed by atoms with Gasteiger partial charge in [-0.25, -0.2) is 9.78 Å². The van der Waals surface area contributed by atoms with E-state index in [0.29, 0.717) is 5.82 Å². The van der Waals surface area contributed by atoms with Crippen LogP contribution in [-0.2, 0) is 0 Å². The summed E-state index contributed by atoms with van der Waals surface area (Å²) in [5, 5.41) is 9.16. The molecule has 1 N–H and O–H groups in total. The predicted molar refractivity (Wildman–Crippen MR) is 64.4 cm³/mol. The predicted octanol–water partition coefficient (Wildman–Crippen LogP) is 2.67. The van der Waals surface area contributed by atoms with Crippen molar-refractivity contribution < 1.29 is 9.90 Å². The molecule has 0 fully saturated rings. The van der Waals surface area contributed by atoms with Crippen molar-refractivity contribution in [3.05, 3.63) is 22.8 Å². The zero-order valence-electron chi connectivity index (χ0n) is 9.40. The average molecular weight is 243 g/mol. The minimum atomic E-state index is -1.03. The Morgan fingerprint density at radius 1 is 1.56 bits per heavy atom. The normalized spacial score (nSPS) is 10.2. The van der Waals surface area contributed by atoms with Gasteiger partial charge in [-0.1, -0.05) is 18.5 Å². The molecule has 1 rings (SSSR count). The molecule has 0 amide bonds. The molecule has 4 nitrogen and oxygen atoms in total. The maximum Gasteiger partial charge on any atom is 0.337 e. The minimum absolute atomic E-state index is 0.0984. The second-order valence-corrected chi connectivity index (χ2v) is 3.76. The number of hydrogen-bond acceptors (Lipinski definition) is 3. The Bertz CT molecular complexity index is 382. The second kappa shape index (κ2) is 5.70. The van der Waals surface area contributed by atoms with Crippen LogP contribution in [0.15, 0.2) is 12.3 Å². The summed E-state index contributed by atoms with van der Waals surface area (Å²) in [6.07, 6.45) is 2.44. The molecule has 0 aliphatic carbocycles. The van der Waals surface area contributed by atoms with Crippen molar-refractivity contribution in [1.82, 2.24) is 4.98 Å². The molecule has 0 spiro atoms. The molecule has 1 aromatic rings. The van der Waals surface area contributed by atoms with Crippen LogP contribution in [0.3, 0.4) is 0 Å². The first kappa shape index (κ1) is 12.8. The van der Waals surface area contributed by atoms with E-state index in [-0.39, 0.29) is 10.6 Å². The van der Waals surface area contributed by atoms with E-state index in [1.165, 1.54) is 12.3 Å². The first-order chi connectivity index (χ1) is 7.61. The van der Waals surface area contributed by atoms with Gasteiger partial charge in [-0.2, -0.15) is 0 Å². The fraction of sp³-hybridized carbons (Fsp3) is 0.455. The summed E-state index contributed by atoms with van der Waals surface area (Å²) in [5.41, 5.74) is 0.0984. The van der Waals surface area contributed by atoms with Gasteiger partial charge in [-0.3, -0.25) is 0 Å². The molecular weight excluding hydrogens is 228 g/mol. The molecule has 16 heavy (non-hydrogen) atoms. The number of hydrogen-bond donors (Lipinski definition) is 1. The fourth-order valence-corrected chi connectivity index (χ4v) is 1.81. The number of aromatic carboxylic acids is 1. The number of pyridine rings is 1. The molecule has 0 saturated heterocycles. The van der Waals surface area contributed by atoms with Crippen LogP contribution < -0.4 is 4.90 Å². The molecule has 0 bridgehead atoms. The Labute approximate surface area is 99.9 Å². The average Bonchev–Trinajstić information content (AvgIpc) is 2.26. The van der Waals surface area contributed by atoms with Gasteiger partial charge in [-0.05, 0) is 19.4 Å². The number of anilines is 1. The van der Waals surface area contributed by atoms with Gasteiger partial charge < -0.3 is 10.0 Å². The third-order valence-electron chi connectivity index (χ3n) is 2.28. The van der Waals surface area contributed by atoms with E-state index in [1.807, 2.05) is 11.8 Å². The van der Waals surface area contributed by atoms with Crippen LogP contribution in [0.5, 0.6) is 0 Å². The summed E-state index contributed by atoms with van der Waals surface area (Å²) in [7, 11) is 0. The summed E-state index contributed by atoms with van der Waals surface area (Å²) in [6, 6.07) is 1.41. The Hall–Kier alpha value is -1.29. The van der Waals surface area contributed by atoms with Gasteiger partial charge in [0.05, 0.1) is 10.6 Å². The zero-order chi connectivity index (χ0) is 12.1. The van der Waals surface area contributed by atoms with E-state index < -0.39 is 5.97 Å². The molecular formula is C11H15ClN2O2. The van der Waals surface area contributed by atoms with Crippen LogP contribution in [0.1, 0.15) is 30.6 Å². The number of carboxylic acid groups (broad SMARTS) is 1. The number of carboxylic acids is 1. The molecule has 1 aromatic heterocycles. The topological polar surface area (TPSA) is 53.4 Å². The minimum Gasteiger partial charge on any atom is -0.478 e. The van der Waals surface area contributed by atoms with E-state index >= 15 is 0 Å². The highest BCUT2D eigenvalue weighted by Gasteiger charge is 2.16. The summed E-state index contributed by atoms with van der Waals surface area (Å²) >= 11 is 6.03. The van der Waals surface area contributed by atoms with E-state index in [1.54, 1.807) is 0 Å². The van der Waals surface area contributed by atoms with Crippen LogP contribution in [0.25, 0.3) is 0 Å². The third-order valence-corrected chi connectivity index (χ3v) is 2.65. The Kier molecular flexibility index (Phi) is 4.55. The maximum atomic E-state index is 10.9. The number of aromatic nitrogens is 1. The summed E-state index contributed by atoms with van der Waals surface area (Å²) in [5.74, 6) is -0.480. The van der Waals surface area contributed by atoms with Crippen molar-refractivity contribution in [2.75, 3.05) is 18.0 Å². The van der Waals surface area contributed by atoms with Crippen LogP contribution in [0, 0.1) is 0 Å². The Balaban J connectivity index is 3.12. The van der Waals surface area contributed by atoms with Gasteiger partial charge in [0, 0.05) is 19.3 Å². The van der Waals surface area contributed by atoms with Gasteiger partial charge in [0.25, 0.3) is 0 Å². The number of carbonyl (C=O) groups is 1. The quantitative estimate of drug-likeness (QED) is 0.863. The monoisotopic (exact) mass is 242 g/mol. The second-order valence-electron chi connectivity index (χ2n) is 3.38. The molecule has 0 aliphatic rings. The number of halogens is 1. The maximum absolute atomic E-state index is 10.9. The number of nitrogens with zero attached hydrogens (tertiary/aromatic N) is 2. The highest BCUT2D eigenvalue weighted by atomic mass is 35.5. The zero-order valence-corrected chi connectivity index (χ0v) is 10.2. The van der Waals surface area contributed by atoms with E-state index in [2.05, 4.69) is 11.9 Å². The van der Waals surface area contributed by atoms with E-state index in [4.69, 9.17) is 16.7 Å². The van der Waals surface area contributed by atoms with Gasteiger partial charge in [0.15, 0.2) is 0 Å². The lowest BCUT2D eigenvalue weighted by Gasteiger charge is -2.22. The first-order valence-electron chi connectivity index (χ1n) is 5.24. The standard InChI is InChI=1S/C11H15ClN2O2/c1-3-7-14(4-2)10-9(12)8(11(15)16)5-6-13-10/h5-6H,3-4,7H2,1-2H3,(H,15,16). The summed E-state index contributed by atoms with van der Waals surface area (Å²) in [4.78, 5) is 17.0. The third kappa shape index (κ3) is 2.64. The summed E-state index contributed by atoms with van der Waals surface area (Å²) < 4.78 is 0. The lowest BCUT2D eigenvalue weighted by molar-refractivity contribution is 0.0697. The number of rotatable bonds is 5. The van der Waals surface area contributed by atoms with Gasteiger partial charge in [0.1, 0.15) is 5.82 Å². The van der Waals surface area contributed by atoms with Crippen LogP contribution in [0.4, 0.5) is 5.82 Å². The summed E-state index contributed by atoms with van der Waals surface area (Å²) in [6.45, 7) is 5.61. The lowest BCUT2D eigenvalue weighted by Crippen LogP contribution is -2.25. The van der Waals surface area contributed by atoms with Crippen molar-refractivity contribution in [3.63, 3.8) is 0 Å². The van der Waals surface area contributed by atoms with E-state index in [9.17, 15) is 4.79 Å². The van der Waals surface area contributed by atoms with Gasteiger partial charge in [0.2, 0.25) is 0 Å². The largest absolute Gasteiger partial charge is 0.478 e. The lowest BCUT2D eigenvalue weighted by atomic mass is 10.2. The van der Waals surface area contributed by atoms with Crippen LogP contribution in [0.2, 0.25) is 5.02 Å². The first-order valence-corrected chi connectivity index (χ1v) is 5.62. The molecule has 0 aromatic carbocycles. The molecule has 5 heteroatoms. The SMILES string of the molecule is CCCN(CC)c1nccc(C(=O)O)c1Cl. The van der Waals surface area contributed by atoms with Gasteiger partial charge >= 0.3 is 5.97 Å². The smallest absolute Gasteiger partial charge is 0.337 e. The van der Waals surface area contributed by atoms with E-state index in [0.717, 1.165) is 19.5 Å². The van der Waals surface area contributed by atoms with Crippen LogP contribution in [-0.4, -0.2) is 29.1 Å².